The van der Waals surface area contributed by atoms with Gasteiger partial charge in [-0.15, -0.1) is 0 Å². The van der Waals surface area contributed by atoms with E-state index >= 15 is 0 Å². The molecular formula is C11H16FNO2. The van der Waals surface area contributed by atoms with Crippen LogP contribution >= 0.6 is 0 Å². The van der Waals surface area contributed by atoms with Crippen molar-refractivity contribution in [1.82, 2.24) is 0 Å². The normalized spacial score (nSPS) is 10.7. The molecule has 0 N–H and O–H groups in total. The van der Waals surface area contributed by atoms with Crippen molar-refractivity contribution >= 4 is 5.69 Å². The Hall–Kier alpha value is -1.13. The van der Waals surface area contributed by atoms with E-state index in [2.05, 4.69) is 0 Å². The molecule has 4 heteroatoms. The van der Waals surface area contributed by atoms with Crippen LogP contribution in [-0.4, -0.2) is 34.1 Å². The van der Waals surface area contributed by atoms with E-state index in [0.717, 1.165) is 0 Å². The van der Waals surface area contributed by atoms with E-state index in [9.17, 15) is 4.39 Å². The number of methoxy groups -OCH3 is 2. The highest BCUT2D eigenvalue weighted by Crippen LogP contribution is 2.17. The lowest BCUT2D eigenvalue weighted by Gasteiger charge is -2.24. The van der Waals surface area contributed by atoms with Crippen LogP contribution in [0.1, 0.15) is 0 Å². The van der Waals surface area contributed by atoms with Crippen LogP contribution in [0.4, 0.5) is 10.1 Å². The zero-order chi connectivity index (χ0) is 11.3. The van der Waals surface area contributed by atoms with Gasteiger partial charge in [-0.3, -0.25) is 0 Å². The lowest BCUT2D eigenvalue weighted by Crippen LogP contribution is -2.32. The number of halogens is 1. The predicted molar refractivity (Wildman–Crippen MR) is 57.5 cm³/mol. The highest BCUT2D eigenvalue weighted by atomic mass is 19.1. The van der Waals surface area contributed by atoms with Gasteiger partial charge in [-0.05, 0) is 12.1 Å². The third-order valence-corrected chi connectivity index (χ3v) is 2.21. The molecular weight excluding hydrogens is 197 g/mol. The van der Waals surface area contributed by atoms with E-state index in [0.29, 0.717) is 12.2 Å². The monoisotopic (exact) mass is 213 g/mol. The predicted octanol–water partition coefficient (Wildman–Crippen LogP) is 1.88. The van der Waals surface area contributed by atoms with Crippen molar-refractivity contribution in [3.63, 3.8) is 0 Å². The molecule has 0 saturated heterocycles. The number of anilines is 1. The Morgan fingerprint density at radius 1 is 1.27 bits per heavy atom. The van der Waals surface area contributed by atoms with Crippen molar-refractivity contribution in [2.75, 3.05) is 32.7 Å². The van der Waals surface area contributed by atoms with Crippen LogP contribution in [0, 0.1) is 5.82 Å². The third kappa shape index (κ3) is 3.18. The van der Waals surface area contributed by atoms with Gasteiger partial charge in [0.2, 0.25) is 0 Å². The Labute approximate surface area is 89.4 Å². The second-order valence-corrected chi connectivity index (χ2v) is 3.23. The van der Waals surface area contributed by atoms with E-state index in [4.69, 9.17) is 9.47 Å². The molecule has 0 saturated carbocycles. The highest BCUT2D eigenvalue weighted by molar-refractivity contribution is 5.46. The average Bonchev–Trinajstić information content (AvgIpc) is 2.26. The standard InChI is InChI=1S/C11H16FNO2/c1-13(8-11(14-2)15-3)10-7-5-4-6-9(10)12/h4-7,11H,8H2,1-3H3. The van der Waals surface area contributed by atoms with Gasteiger partial charge >= 0.3 is 0 Å². The van der Waals surface area contributed by atoms with E-state index < -0.39 is 0 Å². The van der Waals surface area contributed by atoms with Crippen molar-refractivity contribution in [1.29, 1.82) is 0 Å². The summed E-state index contributed by atoms with van der Waals surface area (Å²) >= 11 is 0. The Balaban J connectivity index is 2.68. The summed E-state index contributed by atoms with van der Waals surface area (Å²) in [4.78, 5) is 1.76. The Kier molecular flexibility index (Phi) is 4.52. The largest absolute Gasteiger partial charge is 0.367 e. The van der Waals surface area contributed by atoms with Crippen LogP contribution in [-0.2, 0) is 9.47 Å². The number of benzene rings is 1. The maximum atomic E-state index is 13.4. The fraction of sp³-hybridized carbons (Fsp3) is 0.455. The van der Waals surface area contributed by atoms with E-state index in [1.807, 2.05) is 0 Å². The number of rotatable bonds is 5. The van der Waals surface area contributed by atoms with Crippen LogP contribution in [0.5, 0.6) is 0 Å². The lowest BCUT2D eigenvalue weighted by atomic mass is 10.3. The number of para-hydroxylation sites is 1. The summed E-state index contributed by atoms with van der Waals surface area (Å²) in [6.07, 6.45) is -0.352. The molecule has 0 aliphatic rings. The molecule has 0 spiro atoms. The van der Waals surface area contributed by atoms with E-state index in [1.165, 1.54) is 6.07 Å². The first-order valence-corrected chi connectivity index (χ1v) is 4.70. The second-order valence-electron chi connectivity index (χ2n) is 3.23. The Morgan fingerprint density at radius 2 is 1.87 bits per heavy atom. The molecule has 0 radical (unpaired) electrons. The maximum Gasteiger partial charge on any atom is 0.174 e. The zero-order valence-corrected chi connectivity index (χ0v) is 9.24. The number of likely N-dealkylation sites (N-methyl/N-ethyl adjacent to an activating group) is 1. The van der Waals surface area contributed by atoms with Crippen molar-refractivity contribution in [3.05, 3.63) is 30.1 Å². The molecule has 0 atom stereocenters. The molecule has 0 fully saturated rings. The van der Waals surface area contributed by atoms with Gasteiger partial charge in [0.15, 0.2) is 6.29 Å². The average molecular weight is 213 g/mol. The summed E-state index contributed by atoms with van der Waals surface area (Å²) in [7, 11) is 4.91. The number of ether oxygens (including phenoxy) is 2. The zero-order valence-electron chi connectivity index (χ0n) is 9.24. The summed E-state index contributed by atoms with van der Waals surface area (Å²) in [5.41, 5.74) is 0.539. The van der Waals surface area contributed by atoms with Crippen molar-refractivity contribution in [2.45, 2.75) is 6.29 Å². The SMILES string of the molecule is COC(CN(C)c1ccccc1F)OC. The minimum atomic E-state index is -0.352. The third-order valence-electron chi connectivity index (χ3n) is 2.21. The summed E-state index contributed by atoms with van der Waals surface area (Å²) in [6.45, 7) is 0.480. The first-order valence-electron chi connectivity index (χ1n) is 4.70. The molecule has 1 aromatic carbocycles. The molecule has 1 rings (SSSR count). The van der Waals surface area contributed by atoms with Crippen LogP contribution in [0.3, 0.4) is 0 Å². The van der Waals surface area contributed by atoms with Gasteiger partial charge < -0.3 is 14.4 Å². The van der Waals surface area contributed by atoms with Gasteiger partial charge in [0.1, 0.15) is 5.82 Å². The number of nitrogens with zero attached hydrogens (tertiary/aromatic N) is 1. The quantitative estimate of drug-likeness (QED) is 0.697. The van der Waals surface area contributed by atoms with Crippen LogP contribution in [0.25, 0.3) is 0 Å². The molecule has 0 amide bonds. The van der Waals surface area contributed by atoms with Crippen LogP contribution in [0.15, 0.2) is 24.3 Å². The molecule has 1 aromatic rings. The Bertz CT molecular complexity index is 302. The molecule has 0 aliphatic heterocycles. The first-order chi connectivity index (χ1) is 7.19. The van der Waals surface area contributed by atoms with Gasteiger partial charge in [-0.1, -0.05) is 12.1 Å². The molecule has 15 heavy (non-hydrogen) atoms. The van der Waals surface area contributed by atoms with Crippen LogP contribution in [0.2, 0.25) is 0 Å². The molecule has 0 aromatic heterocycles. The minimum Gasteiger partial charge on any atom is -0.367 e. The summed E-state index contributed by atoms with van der Waals surface area (Å²) in [6, 6.07) is 6.61. The topological polar surface area (TPSA) is 21.7 Å². The first kappa shape index (κ1) is 11.9. The molecule has 0 bridgehead atoms. The molecule has 0 heterocycles. The maximum absolute atomic E-state index is 13.4. The van der Waals surface area contributed by atoms with Crippen molar-refractivity contribution in [2.24, 2.45) is 0 Å². The number of hydrogen-bond donors (Lipinski definition) is 0. The van der Waals surface area contributed by atoms with Gasteiger partial charge in [0, 0.05) is 21.3 Å². The van der Waals surface area contributed by atoms with Gasteiger partial charge in [-0.2, -0.15) is 0 Å². The van der Waals surface area contributed by atoms with Gasteiger partial charge in [-0.25, -0.2) is 4.39 Å². The van der Waals surface area contributed by atoms with E-state index in [1.54, 1.807) is 44.4 Å². The van der Waals surface area contributed by atoms with Crippen molar-refractivity contribution in [3.8, 4) is 0 Å². The van der Waals surface area contributed by atoms with Crippen LogP contribution < -0.4 is 4.90 Å². The summed E-state index contributed by atoms with van der Waals surface area (Å²) in [5, 5.41) is 0. The molecule has 3 nitrogen and oxygen atoms in total. The van der Waals surface area contributed by atoms with Gasteiger partial charge in [0.25, 0.3) is 0 Å². The summed E-state index contributed by atoms with van der Waals surface area (Å²) < 4.78 is 23.5. The molecule has 84 valence electrons. The fourth-order valence-corrected chi connectivity index (χ4v) is 1.33. The molecule has 0 unspecified atom stereocenters. The second kappa shape index (κ2) is 5.68. The number of hydrogen-bond acceptors (Lipinski definition) is 3. The Morgan fingerprint density at radius 3 is 2.40 bits per heavy atom. The molecule has 0 aliphatic carbocycles. The summed E-state index contributed by atoms with van der Waals surface area (Å²) in [5.74, 6) is -0.244. The fourth-order valence-electron chi connectivity index (χ4n) is 1.33. The minimum absolute atomic E-state index is 0.244. The van der Waals surface area contributed by atoms with Crippen molar-refractivity contribution < 1.29 is 13.9 Å². The lowest BCUT2D eigenvalue weighted by molar-refractivity contribution is -0.0944. The smallest absolute Gasteiger partial charge is 0.174 e. The highest BCUT2D eigenvalue weighted by Gasteiger charge is 2.12. The van der Waals surface area contributed by atoms with Gasteiger partial charge in [0.05, 0.1) is 12.2 Å². The van der Waals surface area contributed by atoms with E-state index in [-0.39, 0.29) is 12.1 Å².